The summed E-state index contributed by atoms with van der Waals surface area (Å²) in [5, 5.41) is 8.04. The van der Waals surface area contributed by atoms with Crippen LogP contribution in [0, 0.1) is 0 Å². The number of aromatic nitrogens is 4. The van der Waals surface area contributed by atoms with Crippen LogP contribution in [0.5, 0.6) is 5.75 Å². The highest BCUT2D eigenvalue weighted by Gasteiger charge is 2.16. The van der Waals surface area contributed by atoms with Gasteiger partial charge in [-0.15, -0.1) is 5.10 Å². The number of benzene rings is 2. The summed E-state index contributed by atoms with van der Waals surface area (Å²) in [6, 6.07) is 12.9. The molecule has 0 aliphatic heterocycles. The van der Waals surface area contributed by atoms with E-state index in [1.165, 1.54) is 35.0 Å². The molecule has 0 radical (unpaired) electrons. The van der Waals surface area contributed by atoms with Crippen molar-refractivity contribution in [2.75, 3.05) is 12.4 Å². The second-order valence-electron chi connectivity index (χ2n) is 6.83. The van der Waals surface area contributed by atoms with E-state index in [9.17, 15) is 9.59 Å². The zero-order valence-corrected chi connectivity index (χ0v) is 19.0. The largest absolute Gasteiger partial charge is 0.495 e. The van der Waals surface area contributed by atoms with Gasteiger partial charge in [-0.25, -0.2) is 18.9 Å². The third kappa shape index (κ3) is 4.49. The van der Waals surface area contributed by atoms with Crippen molar-refractivity contribution in [3.8, 4) is 5.75 Å². The first-order valence-electron chi connectivity index (χ1n) is 9.83. The quantitative estimate of drug-likeness (QED) is 0.441. The smallest absolute Gasteiger partial charge is 0.350 e. The van der Waals surface area contributed by atoms with Gasteiger partial charge in [0.25, 0.3) is 0 Å². The molecule has 0 atom stereocenters. The average molecular weight is 470 g/mol. The lowest BCUT2D eigenvalue weighted by Crippen LogP contribution is -2.28. The van der Waals surface area contributed by atoms with E-state index in [2.05, 4.69) is 28.4 Å². The summed E-state index contributed by atoms with van der Waals surface area (Å²) in [5.41, 5.74) is 1.65. The molecule has 4 rings (SSSR count). The number of fused-ring (bicyclic) bond motifs is 1. The molecule has 8 nitrogen and oxygen atoms in total. The summed E-state index contributed by atoms with van der Waals surface area (Å²) < 4.78 is 7.62. The number of hydrogen-bond acceptors (Lipinski definition) is 6. The number of aryl methyl sites for hydroxylation is 1. The predicted molar refractivity (Wildman–Crippen MR) is 124 cm³/mol. The molecule has 0 aliphatic rings. The SMILES string of the molecule is CCc1ccccc1Sc1nccn2c(=O)n(CC(=O)Nc3ccc(OC)c(Cl)c3)nc12. The number of ether oxygens (including phenoxy) is 1. The third-order valence-electron chi connectivity index (χ3n) is 4.76. The van der Waals surface area contributed by atoms with Gasteiger partial charge in [0.2, 0.25) is 5.91 Å². The van der Waals surface area contributed by atoms with E-state index in [1.54, 1.807) is 24.4 Å². The fraction of sp³-hybridized carbons (Fsp3) is 0.182. The molecule has 10 heteroatoms. The maximum Gasteiger partial charge on any atom is 0.350 e. The van der Waals surface area contributed by atoms with Gasteiger partial charge in [0.1, 0.15) is 17.3 Å². The van der Waals surface area contributed by atoms with Gasteiger partial charge in [0.15, 0.2) is 5.65 Å². The normalized spacial score (nSPS) is 11.0. The molecular formula is C22H20ClN5O3S. The zero-order chi connectivity index (χ0) is 22.7. The first-order chi connectivity index (χ1) is 15.5. The Morgan fingerprint density at radius 2 is 2.06 bits per heavy atom. The molecule has 0 saturated heterocycles. The second kappa shape index (κ2) is 9.46. The predicted octanol–water partition coefficient (Wildman–Crippen LogP) is 3.91. The monoisotopic (exact) mass is 469 g/mol. The number of anilines is 1. The molecule has 164 valence electrons. The summed E-state index contributed by atoms with van der Waals surface area (Å²) >= 11 is 7.54. The Balaban J connectivity index is 1.58. The Kier molecular flexibility index (Phi) is 6.48. The Morgan fingerprint density at radius 1 is 1.25 bits per heavy atom. The van der Waals surface area contributed by atoms with Crippen molar-refractivity contribution in [2.24, 2.45) is 0 Å². The lowest BCUT2D eigenvalue weighted by Gasteiger charge is -2.07. The maximum atomic E-state index is 12.8. The summed E-state index contributed by atoms with van der Waals surface area (Å²) in [7, 11) is 1.51. The van der Waals surface area contributed by atoms with Crippen LogP contribution in [0.15, 0.2) is 69.6 Å². The summed E-state index contributed by atoms with van der Waals surface area (Å²) in [6.45, 7) is 1.83. The van der Waals surface area contributed by atoms with E-state index in [0.29, 0.717) is 27.1 Å². The molecule has 0 fully saturated rings. The van der Waals surface area contributed by atoms with E-state index in [4.69, 9.17) is 16.3 Å². The number of halogens is 1. The molecule has 2 heterocycles. The third-order valence-corrected chi connectivity index (χ3v) is 6.15. The Hall–Kier alpha value is -3.30. The van der Waals surface area contributed by atoms with Gasteiger partial charge in [-0.05, 0) is 36.2 Å². The van der Waals surface area contributed by atoms with Gasteiger partial charge < -0.3 is 10.1 Å². The minimum atomic E-state index is -0.420. The number of hydrogen-bond donors (Lipinski definition) is 1. The number of nitrogens with one attached hydrogen (secondary N) is 1. The number of rotatable bonds is 7. The van der Waals surface area contributed by atoms with E-state index in [-0.39, 0.29) is 6.54 Å². The highest BCUT2D eigenvalue weighted by atomic mass is 35.5. The average Bonchev–Trinajstić information content (AvgIpc) is 3.10. The highest BCUT2D eigenvalue weighted by molar-refractivity contribution is 7.99. The van der Waals surface area contributed by atoms with Crippen molar-refractivity contribution >= 4 is 40.6 Å². The molecular weight excluding hydrogens is 450 g/mol. The number of carbonyl (C=O) groups is 1. The number of methoxy groups -OCH3 is 1. The molecule has 0 bridgehead atoms. The van der Waals surface area contributed by atoms with Gasteiger partial charge in [0.05, 0.1) is 12.1 Å². The van der Waals surface area contributed by atoms with Gasteiger partial charge in [0, 0.05) is 23.0 Å². The van der Waals surface area contributed by atoms with E-state index < -0.39 is 11.6 Å². The van der Waals surface area contributed by atoms with Crippen LogP contribution in [0.2, 0.25) is 5.02 Å². The van der Waals surface area contributed by atoms with Crippen molar-refractivity contribution in [3.63, 3.8) is 0 Å². The molecule has 0 spiro atoms. The molecule has 4 aromatic rings. The van der Waals surface area contributed by atoms with Crippen molar-refractivity contribution in [3.05, 3.63) is 75.9 Å². The van der Waals surface area contributed by atoms with Gasteiger partial charge >= 0.3 is 5.69 Å². The number of carbonyl (C=O) groups excluding carboxylic acids is 1. The van der Waals surface area contributed by atoms with Crippen LogP contribution in [0.1, 0.15) is 12.5 Å². The van der Waals surface area contributed by atoms with Crippen LogP contribution in [0.3, 0.4) is 0 Å². The van der Waals surface area contributed by atoms with Crippen LogP contribution < -0.4 is 15.7 Å². The molecule has 32 heavy (non-hydrogen) atoms. The summed E-state index contributed by atoms with van der Waals surface area (Å²) in [4.78, 5) is 30.8. The topological polar surface area (TPSA) is 90.5 Å². The van der Waals surface area contributed by atoms with Crippen molar-refractivity contribution in [1.82, 2.24) is 19.2 Å². The van der Waals surface area contributed by atoms with Gasteiger partial charge in [-0.2, -0.15) is 0 Å². The fourth-order valence-electron chi connectivity index (χ4n) is 3.18. The molecule has 0 unspecified atom stereocenters. The number of amides is 1. The van der Waals surface area contributed by atoms with Crippen LogP contribution in [0.4, 0.5) is 5.69 Å². The standard InChI is InChI=1S/C22H20ClN5O3S/c1-3-14-6-4-5-7-18(14)32-21-20-26-28(22(30)27(20)11-10-24-21)13-19(29)25-15-8-9-17(31-2)16(23)12-15/h4-12H,3,13H2,1-2H3,(H,25,29). The van der Waals surface area contributed by atoms with Crippen LogP contribution in [0.25, 0.3) is 5.65 Å². The molecule has 1 amide bonds. The summed E-state index contributed by atoms with van der Waals surface area (Å²) in [6.07, 6.45) is 3.97. The Morgan fingerprint density at radius 3 is 2.81 bits per heavy atom. The molecule has 1 N–H and O–H groups in total. The molecule has 2 aromatic heterocycles. The van der Waals surface area contributed by atoms with Crippen molar-refractivity contribution in [2.45, 2.75) is 29.8 Å². The Bertz CT molecular complexity index is 1350. The van der Waals surface area contributed by atoms with Crippen molar-refractivity contribution in [1.29, 1.82) is 0 Å². The molecule has 0 saturated carbocycles. The lowest BCUT2D eigenvalue weighted by atomic mass is 10.2. The maximum absolute atomic E-state index is 12.8. The highest BCUT2D eigenvalue weighted by Crippen LogP contribution is 2.31. The van der Waals surface area contributed by atoms with E-state index in [1.807, 2.05) is 18.2 Å². The first kappa shape index (κ1) is 21.9. The zero-order valence-electron chi connectivity index (χ0n) is 17.4. The van der Waals surface area contributed by atoms with Crippen molar-refractivity contribution < 1.29 is 9.53 Å². The molecule has 0 aliphatic carbocycles. The van der Waals surface area contributed by atoms with E-state index >= 15 is 0 Å². The lowest BCUT2D eigenvalue weighted by molar-refractivity contribution is -0.117. The minimum absolute atomic E-state index is 0.250. The first-order valence-corrected chi connectivity index (χ1v) is 11.0. The number of nitrogens with zero attached hydrogens (tertiary/aromatic N) is 4. The van der Waals surface area contributed by atoms with Crippen LogP contribution >= 0.6 is 23.4 Å². The van der Waals surface area contributed by atoms with Gasteiger partial charge in [-0.1, -0.05) is 48.5 Å². The molecule has 2 aromatic carbocycles. The van der Waals surface area contributed by atoms with Gasteiger partial charge in [-0.3, -0.25) is 4.79 Å². The van der Waals surface area contributed by atoms with Crippen LogP contribution in [-0.4, -0.2) is 32.2 Å². The summed E-state index contributed by atoms with van der Waals surface area (Å²) in [5.74, 6) is 0.0960. The van der Waals surface area contributed by atoms with Crippen LogP contribution in [-0.2, 0) is 17.8 Å². The van der Waals surface area contributed by atoms with E-state index in [0.717, 1.165) is 16.0 Å². The minimum Gasteiger partial charge on any atom is -0.495 e. The fourth-order valence-corrected chi connectivity index (χ4v) is 4.48. The second-order valence-corrected chi connectivity index (χ2v) is 8.26. The Labute approximate surface area is 193 Å².